The maximum absolute atomic E-state index is 15.4. The first kappa shape index (κ1) is 22.8. The molecule has 2 aromatic heterocycles. The Balaban J connectivity index is 1.13. The van der Waals surface area contributed by atoms with Gasteiger partial charge in [0.25, 0.3) is 5.56 Å². The molecule has 0 N–H and O–H groups in total. The minimum Gasteiger partial charge on any atom is -0.490 e. The van der Waals surface area contributed by atoms with Crippen LogP contribution in [0.2, 0.25) is 5.02 Å². The van der Waals surface area contributed by atoms with Crippen LogP contribution in [-0.2, 0) is 6.42 Å². The van der Waals surface area contributed by atoms with Gasteiger partial charge in [-0.25, -0.2) is 4.39 Å². The van der Waals surface area contributed by atoms with Gasteiger partial charge in [0.2, 0.25) is 0 Å². The van der Waals surface area contributed by atoms with E-state index in [9.17, 15) is 4.79 Å². The number of aliphatic imine (C=N–C) groups is 1. The molecule has 8 rings (SSSR count). The third-order valence-electron chi connectivity index (χ3n) is 8.33. The number of hydrogen-bond acceptors (Lipinski definition) is 6. The van der Waals surface area contributed by atoms with Crippen molar-refractivity contribution in [1.82, 2.24) is 24.8 Å². The molecular weight excluding hydrogens is 519 g/mol. The van der Waals surface area contributed by atoms with Crippen molar-refractivity contribution in [3.05, 3.63) is 93.0 Å². The van der Waals surface area contributed by atoms with Gasteiger partial charge in [-0.15, -0.1) is 5.10 Å². The van der Waals surface area contributed by atoms with Crippen LogP contribution in [0.3, 0.4) is 0 Å². The van der Waals surface area contributed by atoms with E-state index < -0.39 is 0 Å². The highest BCUT2D eigenvalue weighted by atomic mass is 35.5. The lowest BCUT2D eigenvalue weighted by molar-refractivity contribution is 0.273. The number of fused-ring (bicyclic) bond motifs is 4. The number of tetrazole rings is 1. The summed E-state index contributed by atoms with van der Waals surface area (Å²) in [6, 6.07) is 12.8. The topological polar surface area (TPSA) is 87.2 Å². The molecule has 4 aromatic rings. The van der Waals surface area contributed by atoms with Crippen molar-refractivity contribution in [3.8, 4) is 22.6 Å². The second-order valence-electron chi connectivity index (χ2n) is 10.6. The molecule has 3 aliphatic heterocycles. The predicted octanol–water partition coefficient (Wildman–Crippen LogP) is 5.15. The first-order valence-corrected chi connectivity index (χ1v) is 13.4. The highest BCUT2D eigenvalue weighted by molar-refractivity contribution is 6.31. The summed E-state index contributed by atoms with van der Waals surface area (Å²) in [6.45, 7) is 0.535. The van der Waals surface area contributed by atoms with Crippen molar-refractivity contribution < 1.29 is 9.13 Å². The van der Waals surface area contributed by atoms with Gasteiger partial charge in [-0.2, -0.15) is 4.68 Å². The van der Waals surface area contributed by atoms with Crippen molar-refractivity contribution in [2.45, 2.75) is 37.6 Å². The molecule has 194 valence electrons. The molecule has 0 unspecified atom stereocenters. The number of hydrogen-bond donors (Lipinski definition) is 0. The summed E-state index contributed by atoms with van der Waals surface area (Å²) in [6.07, 6.45) is 6.50. The van der Waals surface area contributed by atoms with Crippen LogP contribution in [0.4, 0.5) is 4.39 Å². The number of rotatable bonds is 4. The van der Waals surface area contributed by atoms with E-state index >= 15 is 4.39 Å². The summed E-state index contributed by atoms with van der Waals surface area (Å²) in [5.74, 6) is 0.661. The van der Waals surface area contributed by atoms with E-state index in [1.54, 1.807) is 23.0 Å². The molecule has 1 fully saturated rings. The molecule has 39 heavy (non-hydrogen) atoms. The first-order valence-electron chi connectivity index (χ1n) is 13.1. The number of ether oxygens (including phenoxy) is 1. The zero-order valence-electron chi connectivity index (χ0n) is 20.7. The van der Waals surface area contributed by atoms with Crippen molar-refractivity contribution in [1.29, 1.82) is 0 Å². The third-order valence-corrected chi connectivity index (χ3v) is 8.56. The van der Waals surface area contributed by atoms with Crippen molar-refractivity contribution in [2.75, 3.05) is 6.61 Å². The largest absolute Gasteiger partial charge is 0.490 e. The summed E-state index contributed by atoms with van der Waals surface area (Å²) in [5.41, 5.74) is 6.36. The predicted molar refractivity (Wildman–Crippen MR) is 144 cm³/mol. The number of allylic oxidation sites excluding steroid dienone is 1. The van der Waals surface area contributed by atoms with Crippen LogP contribution < -0.4 is 10.3 Å². The number of aromatic nitrogens is 5. The molecule has 3 atom stereocenters. The third kappa shape index (κ3) is 3.52. The van der Waals surface area contributed by atoms with Gasteiger partial charge in [0, 0.05) is 52.2 Å². The molecule has 0 bridgehead atoms. The minimum atomic E-state index is -0.312. The van der Waals surface area contributed by atoms with E-state index in [1.807, 2.05) is 28.8 Å². The molecule has 0 amide bonds. The molecule has 10 heteroatoms. The highest BCUT2D eigenvalue weighted by Crippen LogP contribution is 2.60. The van der Waals surface area contributed by atoms with Gasteiger partial charge in [0.05, 0.1) is 18.3 Å². The normalized spacial score (nSPS) is 22.5. The lowest BCUT2D eigenvalue weighted by Crippen LogP contribution is -2.29. The Labute approximate surface area is 227 Å². The van der Waals surface area contributed by atoms with Crippen LogP contribution in [0, 0.1) is 11.7 Å². The number of halogens is 2. The van der Waals surface area contributed by atoms with E-state index in [4.69, 9.17) is 21.3 Å². The summed E-state index contributed by atoms with van der Waals surface area (Å²) in [4.78, 5) is 18.4. The molecule has 1 saturated carbocycles. The monoisotopic (exact) mass is 540 g/mol. The fraction of sp³-hybridized carbons (Fsp3) is 0.276. The molecular formula is C29H22ClFN6O2. The van der Waals surface area contributed by atoms with E-state index in [0.29, 0.717) is 41.2 Å². The number of pyridine rings is 1. The summed E-state index contributed by atoms with van der Waals surface area (Å²) >= 11 is 6.35. The van der Waals surface area contributed by atoms with Gasteiger partial charge in [-0.1, -0.05) is 23.7 Å². The second-order valence-corrected chi connectivity index (χ2v) is 11.0. The Hall–Kier alpha value is -4.11. The Morgan fingerprint density at radius 3 is 2.90 bits per heavy atom. The van der Waals surface area contributed by atoms with Crippen molar-refractivity contribution in [3.63, 3.8) is 0 Å². The lowest BCUT2D eigenvalue weighted by atomic mass is 9.95. The summed E-state index contributed by atoms with van der Waals surface area (Å²) in [7, 11) is 0. The minimum absolute atomic E-state index is 0.0909. The van der Waals surface area contributed by atoms with Gasteiger partial charge < -0.3 is 9.30 Å². The average molecular weight is 541 g/mol. The van der Waals surface area contributed by atoms with Crippen LogP contribution in [0.15, 0.2) is 64.8 Å². The van der Waals surface area contributed by atoms with E-state index in [1.165, 1.54) is 6.33 Å². The Morgan fingerprint density at radius 1 is 1.10 bits per heavy atom. The van der Waals surface area contributed by atoms with Crippen LogP contribution in [0.1, 0.15) is 48.0 Å². The summed E-state index contributed by atoms with van der Waals surface area (Å²) < 4.78 is 24.5. The van der Waals surface area contributed by atoms with Crippen LogP contribution in [-0.4, -0.2) is 37.1 Å². The molecule has 5 heterocycles. The second kappa shape index (κ2) is 8.44. The molecule has 1 aliphatic carbocycles. The average Bonchev–Trinajstić information content (AvgIpc) is 3.28. The zero-order chi connectivity index (χ0) is 26.2. The standard InChI is InChI=1S/C29H22ClFN6O2/c30-18-4-6-24(36-14-33-34-35-36)20(11-18)16-9-25-21-12-22(21)28(37(25)26(38)10-16)23-8-17(13-32-23)19-5-3-15-2-1-7-39-29(15)27(19)31/h3-6,9-11,13-14,21-22,28H,1-2,7-8,12H2/t21-,22+,28+/m1/s1. The number of benzene rings is 2. The fourth-order valence-corrected chi connectivity index (χ4v) is 6.64. The van der Waals surface area contributed by atoms with Crippen LogP contribution in [0.25, 0.3) is 22.4 Å². The zero-order valence-corrected chi connectivity index (χ0v) is 21.5. The van der Waals surface area contributed by atoms with E-state index in [0.717, 1.165) is 58.6 Å². The molecule has 0 saturated heterocycles. The van der Waals surface area contributed by atoms with E-state index in [2.05, 4.69) is 21.6 Å². The Morgan fingerprint density at radius 2 is 2.03 bits per heavy atom. The number of aryl methyl sites for hydroxylation is 1. The highest BCUT2D eigenvalue weighted by Gasteiger charge is 2.54. The molecule has 8 nitrogen and oxygen atoms in total. The lowest BCUT2D eigenvalue weighted by Gasteiger charge is -2.21. The van der Waals surface area contributed by atoms with Gasteiger partial charge in [0.1, 0.15) is 6.33 Å². The fourth-order valence-electron chi connectivity index (χ4n) is 6.47. The maximum atomic E-state index is 15.4. The maximum Gasteiger partial charge on any atom is 0.251 e. The number of nitrogens with zero attached hydrogens (tertiary/aromatic N) is 6. The van der Waals surface area contributed by atoms with Crippen molar-refractivity contribution >= 4 is 22.9 Å². The Kier molecular flexibility index (Phi) is 4.94. The molecule has 4 aliphatic rings. The smallest absolute Gasteiger partial charge is 0.251 e. The summed E-state index contributed by atoms with van der Waals surface area (Å²) in [5, 5.41) is 12.1. The molecule has 2 aromatic carbocycles. The van der Waals surface area contributed by atoms with E-state index in [-0.39, 0.29) is 17.4 Å². The Bertz CT molecular complexity index is 1790. The van der Waals surface area contributed by atoms with Gasteiger partial charge in [-0.05, 0) is 76.6 Å². The van der Waals surface area contributed by atoms with Crippen LogP contribution >= 0.6 is 11.6 Å². The molecule has 0 radical (unpaired) electrons. The van der Waals surface area contributed by atoms with Crippen molar-refractivity contribution in [2.24, 2.45) is 10.9 Å². The quantitative estimate of drug-likeness (QED) is 0.357. The van der Waals surface area contributed by atoms with Gasteiger partial charge in [0.15, 0.2) is 11.6 Å². The SMILES string of the molecule is O=c1cc(-c2cc(Cl)ccc2-n2cnnn2)cc2n1[C@H](C1=NC=C(c3ccc4c(c3F)OCCC4)C1)[C@H]1C[C@@H]21. The van der Waals surface area contributed by atoms with Crippen LogP contribution in [0.5, 0.6) is 5.75 Å². The van der Waals surface area contributed by atoms with Gasteiger partial charge >= 0.3 is 0 Å². The first-order chi connectivity index (χ1) is 19.1. The van der Waals surface area contributed by atoms with Gasteiger partial charge in [-0.3, -0.25) is 9.79 Å². The molecule has 0 spiro atoms.